The summed E-state index contributed by atoms with van der Waals surface area (Å²) >= 11 is 1.52. The predicted octanol–water partition coefficient (Wildman–Crippen LogP) is 1.64. The largest absolute Gasteiger partial charge is 0.303 e. The number of nitrogens with one attached hydrogen (secondary N) is 1. The van der Waals surface area contributed by atoms with E-state index in [1.807, 2.05) is 0 Å². The van der Waals surface area contributed by atoms with Gasteiger partial charge in [-0.15, -0.1) is 11.3 Å². The molecule has 0 aliphatic carbocycles. The Morgan fingerprint density at radius 3 is 2.81 bits per heavy atom. The molecule has 0 saturated carbocycles. The summed E-state index contributed by atoms with van der Waals surface area (Å²) in [5.74, 6) is 0. The Kier molecular flexibility index (Phi) is 6.01. The highest BCUT2D eigenvalue weighted by Gasteiger charge is 2.11. The molecule has 0 aromatic carbocycles. The maximum absolute atomic E-state index is 9.03. The van der Waals surface area contributed by atoms with Crippen molar-refractivity contribution in [1.82, 2.24) is 15.2 Å². The smallest absolute Gasteiger partial charge is 0.132 e. The van der Waals surface area contributed by atoms with Gasteiger partial charge in [0.1, 0.15) is 6.04 Å². The van der Waals surface area contributed by atoms with Crippen LogP contribution in [0.3, 0.4) is 0 Å². The topological polar surface area (TPSA) is 52.0 Å². The van der Waals surface area contributed by atoms with Gasteiger partial charge >= 0.3 is 0 Å². The fourth-order valence-electron chi connectivity index (χ4n) is 1.48. The lowest BCUT2D eigenvalue weighted by molar-refractivity contribution is 0.300. The maximum atomic E-state index is 9.03. The molecule has 1 unspecified atom stereocenters. The average molecular weight is 238 g/mol. The van der Waals surface area contributed by atoms with E-state index < -0.39 is 0 Å². The van der Waals surface area contributed by atoms with Crippen LogP contribution < -0.4 is 5.32 Å². The Bertz CT molecular complexity index is 313. The molecule has 5 heteroatoms. The van der Waals surface area contributed by atoms with E-state index in [2.05, 4.69) is 35.1 Å². The van der Waals surface area contributed by atoms with Crippen molar-refractivity contribution in [3.63, 3.8) is 0 Å². The molecule has 1 aromatic heterocycles. The first-order chi connectivity index (χ1) is 7.81. The molecule has 0 radical (unpaired) electrons. The van der Waals surface area contributed by atoms with Crippen molar-refractivity contribution in [2.45, 2.75) is 19.9 Å². The van der Waals surface area contributed by atoms with E-state index in [4.69, 9.17) is 5.26 Å². The second-order valence-electron chi connectivity index (χ2n) is 3.45. The lowest BCUT2D eigenvalue weighted by atomic mass is 10.3. The van der Waals surface area contributed by atoms with Gasteiger partial charge in [0.25, 0.3) is 0 Å². The van der Waals surface area contributed by atoms with Crippen LogP contribution in [0, 0.1) is 11.3 Å². The van der Waals surface area contributed by atoms with Gasteiger partial charge in [-0.2, -0.15) is 5.26 Å². The number of likely N-dealkylation sites (N-methyl/N-ethyl adjacent to an activating group) is 1. The van der Waals surface area contributed by atoms with Crippen LogP contribution in [0.4, 0.5) is 0 Å². The number of thiazole rings is 1. The van der Waals surface area contributed by atoms with Gasteiger partial charge in [0.2, 0.25) is 0 Å². The Balaban J connectivity index is 2.33. The Labute approximate surface area is 101 Å². The molecule has 0 saturated heterocycles. The first kappa shape index (κ1) is 13.1. The van der Waals surface area contributed by atoms with Gasteiger partial charge in [0, 0.05) is 19.3 Å². The van der Waals surface area contributed by atoms with E-state index in [9.17, 15) is 0 Å². The summed E-state index contributed by atoms with van der Waals surface area (Å²) in [6.07, 6.45) is 1.75. The number of rotatable bonds is 7. The summed E-state index contributed by atoms with van der Waals surface area (Å²) in [6, 6.07) is 2.04. The predicted molar refractivity (Wildman–Crippen MR) is 66.3 cm³/mol. The highest BCUT2D eigenvalue weighted by Crippen LogP contribution is 2.15. The fourth-order valence-corrected chi connectivity index (χ4v) is 2.12. The lowest BCUT2D eigenvalue weighted by Crippen LogP contribution is -2.33. The van der Waals surface area contributed by atoms with E-state index in [1.165, 1.54) is 11.3 Å². The van der Waals surface area contributed by atoms with Crippen LogP contribution >= 0.6 is 11.3 Å². The third-order valence-corrected chi connectivity index (χ3v) is 3.38. The minimum Gasteiger partial charge on any atom is -0.303 e. The molecule has 1 atom stereocenters. The van der Waals surface area contributed by atoms with Gasteiger partial charge in [-0.05, 0) is 13.1 Å². The van der Waals surface area contributed by atoms with Crippen LogP contribution in [0.25, 0.3) is 0 Å². The molecule has 0 bridgehead atoms. The summed E-state index contributed by atoms with van der Waals surface area (Å²) in [5, 5.41) is 12.3. The normalized spacial score (nSPS) is 12.6. The SMILES string of the molecule is CCN(CC)CCNC(C#N)c1cncs1. The molecule has 0 aliphatic rings. The number of aromatic nitrogens is 1. The van der Waals surface area contributed by atoms with Crippen LogP contribution in [0.5, 0.6) is 0 Å². The minimum atomic E-state index is -0.219. The molecule has 0 aliphatic heterocycles. The van der Waals surface area contributed by atoms with Gasteiger partial charge in [-0.1, -0.05) is 13.8 Å². The van der Waals surface area contributed by atoms with Crippen molar-refractivity contribution in [2.75, 3.05) is 26.2 Å². The number of nitrogens with zero attached hydrogens (tertiary/aromatic N) is 3. The highest BCUT2D eigenvalue weighted by molar-refractivity contribution is 7.09. The molecule has 88 valence electrons. The minimum absolute atomic E-state index is 0.219. The zero-order valence-electron chi connectivity index (χ0n) is 9.81. The molecule has 16 heavy (non-hydrogen) atoms. The van der Waals surface area contributed by atoms with Gasteiger partial charge in [0.05, 0.1) is 16.5 Å². The second kappa shape index (κ2) is 7.34. The van der Waals surface area contributed by atoms with Gasteiger partial charge < -0.3 is 4.90 Å². The van der Waals surface area contributed by atoms with Crippen LogP contribution in [0.2, 0.25) is 0 Å². The third kappa shape index (κ3) is 3.89. The summed E-state index contributed by atoms with van der Waals surface area (Å²) in [6.45, 7) is 8.20. The Hall–Kier alpha value is -0.960. The van der Waals surface area contributed by atoms with E-state index >= 15 is 0 Å². The molecule has 4 nitrogen and oxygen atoms in total. The van der Waals surface area contributed by atoms with Crippen LogP contribution in [-0.2, 0) is 0 Å². The molecule has 0 fully saturated rings. The summed E-state index contributed by atoms with van der Waals surface area (Å²) in [4.78, 5) is 7.30. The monoisotopic (exact) mass is 238 g/mol. The van der Waals surface area contributed by atoms with Crippen molar-refractivity contribution >= 4 is 11.3 Å². The zero-order chi connectivity index (χ0) is 11.8. The number of nitriles is 1. The van der Waals surface area contributed by atoms with Crippen molar-refractivity contribution in [3.8, 4) is 6.07 Å². The Morgan fingerprint density at radius 2 is 2.31 bits per heavy atom. The summed E-state index contributed by atoms with van der Waals surface area (Å²) in [7, 11) is 0. The number of hydrogen-bond donors (Lipinski definition) is 1. The molecule has 1 N–H and O–H groups in total. The molecule has 1 rings (SSSR count). The van der Waals surface area contributed by atoms with Gasteiger partial charge in [0.15, 0.2) is 0 Å². The van der Waals surface area contributed by atoms with Gasteiger partial charge in [-0.3, -0.25) is 10.3 Å². The third-order valence-electron chi connectivity index (χ3n) is 2.54. The van der Waals surface area contributed by atoms with E-state index in [0.717, 1.165) is 31.1 Å². The molecular formula is C11H18N4S. The second-order valence-corrected chi connectivity index (χ2v) is 4.36. The summed E-state index contributed by atoms with van der Waals surface area (Å²) in [5.41, 5.74) is 1.76. The standard InChI is InChI=1S/C11H18N4S/c1-3-15(4-2)6-5-14-10(7-12)11-8-13-9-16-11/h8-10,14H,3-6H2,1-2H3. The highest BCUT2D eigenvalue weighted by atomic mass is 32.1. The van der Waals surface area contributed by atoms with Crippen molar-refractivity contribution in [1.29, 1.82) is 5.26 Å². The first-order valence-electron chi connectivity index (χ1n) is 5.55. The zero-order valence-corrected chi connectivity index (χ0v) is 10.6. The quantitative estimate of drug-likeness (QED) is 0.784. The molecule has 1 heterocycles. The Morgan fingerprint density at radius 1 is 1.56 bits per heavy atom. The molecule has 0 spiro atoms. The lowest BCUT2D eigenvalue weighted by Gasteiger charge is -2.19. The van der Waals surface area contributed by atoms with Crippen LogP contribution in [-0.4, -0.2) is 36.1 Å². The van der Waals surface area contributed by atoms with Crippen molar-refractivity contribution < 1.29 is 0 Å². The van der Waals surface area contributed by atoms with Gasteiger partial charge in [-0.25, -0.2) is 0 Å². The van der Waals surface area contributed by atoms with Crippen molar-refractivity contribution in [2.24, 2.45) is 0 Å². The average Bonchev–Trinajstić information content (AvgIpc) is 2.83. The van der Waals surface area contributed by atoms with Crippen LogP contribution in [0.1, 0.15) is 24.8 Å². The van der Waals surface area contributed by atoms with E-state index in [-0.39, 0.29) is 6.04 Å². The van der Waals surface area contributed by atoms with Crippen molar-refractivity contribution in [3.05, 3.63) is 16.6 Å². The molecule has 0 amide bonds. The number of hydrogen-bond acceptors (Lipinski definition) is 5. The summed E-state index contributed by atoms with van der Waals surface area (Å²) < 4.78 is 0. The van der Waals surface area contributed by atoms with E-state index in [0.29, 0.717) is 0 Å². The maximum Gasteiger partial charge on any atom is 0.132 e. The van der Waals surface area contributed by atoms with E-state index in [1.54, 1.807) is 11.7 Å². The molecular weight excluding hydrogens is 220 g/mol. The fraction of sp³-hybridized carbons (Fsp3) is 0.636. The van der Waals surface area contributed by atoms with Crippen LogP contribution in [0.15, 0.2) is 11.7 Å². The molecule has 1 aromatic rings. The first-order valence-corrected chi connectivity index (χ1v) is 6.43.